The maximum Gasteiger partial charge on any atom is 0.271 e. The van der Waals surface area contributed by atoms with E-state index >= 15 is 0 Å². The first kappa shape index (κ1) is 18.1. The zero-order valence-electron chi connectivity index (χ0n) is 13.8. The van der Waals surface area contributed by atoms with Crippen LogP contribution < -0.4 is 11.1 Å². The summed E-state index contributed by atoms with van der Waals surface area (Å²) < 4.78 is 0. The molecular weight excluding hydrogens is 376 g/mol. The third-order valence-corrected chi connectivity index (χ3v) is 5.22. The Labute approximate surface area is 157 Å². The second kappa shape index (κ2) is 7.27. The topological polar surface area (TPSA) is 111 Å². The number of non-ortho nitro benzene ring substituents is 1. The molecule has 3 N–H and O–H groups in total. The van der Waals surface area contributed by atoms with Crippen molar-refractivity contribution in [1.29, 1.82) is 0 Å². The van der Waals surface area contributed by atoms with Crippen molar-refractivity contribution >= 4 is 56.1 Å². The fourth-order valence-corrected chi connectivity index (χ4v) is 3.67. The van der Waals surface area contributed by atoms with Crippen molar-refractivity contribution in [3.8, 4) is 0 Å². The van der Waals surface area contributed by atoms with Crippen LogP contribution in [0.2, 0.25) is 5.02 Å². The second-order valence-corrected chi connectivity index (χ2v) is 7.03. The van der Waals surface area contributed by atoms with Gasteiger partial charge in [-0.3, -0.25) is 14.9 Å². The number of benzene rings is 1. The zero-order valence-corrected chi connectivity index (χ0v) is 15.4. The maximum absolute atomic E-state index is 12.6. The van der Waals surface area contributed by atoms with Crippen LogP contribution in [0.25, 0.3) is 10.2 Å². The summed E-state index contributed by atoms with van der Waals surface area (Å²) in [5, 5.41) is 14.4. The van der Waals surface area contributed by atoms with Crippen molar-refractivity contribution in [2.45, 2.75) is 19.8 Å². The number of carbonyl (C=O) groups excluding carboxylic acids is 1. The molecule has 3 rings (SSSR count). The van der Waals surface area contributed by atoms with Gasteiger partial charge in [0.05, 0.1) is 21.3 Å². The number of nitrogens with two attached hydrogens (primary N) is 1. The summed E-state index contributed by atoms with van der Waals surface area (Å²) in [7, 11) is 0. The fraction of sp³-hybridized carbons (Fsp3) is 0.176. The molecule has 9 heteroatoms. The lowest BCUT2D eigenvalue weighted by Crippen LogP contribution is -2.12. The number of rotatable bonds is 5. The summed E-state index contributed by atoms with van der Waals surface area (Å²) in [6.07, 6.45) is 1.82. The minimum absolute atomic E-state index is 0.155. The van der Waals surface area contributed by atoms with Crippen LogP contribution in [-0.2, 0) is 6.42 Å². The molecule has 0 fully saturated rings. The monoisotopic (exact) mass is 390 g/mol. The highest BCUT2D eigenvalue weighted by molar-refractivity contribution is 7.21. The van der Waals surface area contributed by atoms with E-state index in [1.165, 1.54) is 29.5 Å². The molecular formula is C17H15ClN4O3S. The standard InChI is InChI=1S/C17H15ClN4O3S/c1-2-3-9-4-6-11-14(19)15(26-17(11)20-9)16(23)21-13-8-10(22(24)25)5-7-12(13)18/h4-8H,2-3,19H2,1H3,(H,21,23). The Kier molecular flexibility index (Phi) is 5.06. The number of pyridine rings is 1. The van der Waals surface area contributed by atoms with Gasteiger partial charge in [0.1, 0.15) is 9.71 Å². The Morgan fingerprint density at radius 2 is 2.15 bits per heavy atom. The molecule has 0 unspecified atom stereocenters. The van der Waals surface area contributed by atoms with Gasteiger partial charge in [-0.2, -0.15) is 0 Å². The van der Waals surface area contributed by atoms with Crippen LogP contribution in [0.3, 0.4) is 0 Å². The minimum atomic E-state index is -0.557. The predicted octanol–water partition coefficient (Wildman–Crippen LogP) is 4.64. The van der Waals surface area contributed by atoms with Crippen molar-refractivity contribution in [1.82, 2.24) is 4.98 Å². The van der Waals surface area contributed by atoms with Crippen LogP contribution >= 0.6 is 22.9 Å². The Balaban J connectivity index is 1.94. The normalized spacial score (nSPS) is 10.8. The number of nitrogen functional groups attached to an aromatic ring is 1. The number of thiophene rings is 1. The number of nitrogens with one attached hydrogen (secondary N) is 1. The first-order valence-electron chi connectivity index (χ1n) is 7.84. The molecule has 134 valence electrons. The Morgan fingerprint density at radius 3 is 2.85 bits per heavy atom. The SMILES string of the molecule is CCCc1ccc2c(N)c(C(=O)Nc3cc([N+](=O)[O-])ccc3Cl)sc2n1. The number of halogens is 1. The molecule has 7 nitrogen and oxygen atoms in total. The van der Waals surface area contributed by atoms with Gasteiger partial charge in [-0.25, -0.2) is 4.98 Å². The second-order valence-electron chi connectivity index (χ2n) is 5.63. The fourth-order valence-electron chi connectivity index (χ4n) is 2.50. The molecule has 0 bridgehead atoms. The summed E-state index contributed by atoms with van der Waals surface area (Å²) in [6.45, 7) is 2.07. The molecule has 26 heavy (non-hydrogen) atoms. The lowest BCUT2D eigenvalue weighted by molar-refractivity contribution is -0.384. The Morgan fingerprint density at radius 1 is 1.38 bits per heavy atom. The average molecular weight is 391 g/mol. The maximum atomic E-state index is 12.6. The minimum Gasteiger partial charge on any atom is -0.397 e. The van der Waals surface area contributed by atoms with E-state index in [9.17, 15) is 14.9 Å². The third-order valence-electron chi connectivity index (χ3n) is 3.77. The lowest BCUT2D eigenvalue weighted by atomic mass is 10.2. The molecule has 2 aromatic heterocycles. The number of nitrogens with zero attached hydrogens (tertiary/aromatic N) is 2. The molecule has 0 aliphatic heterocycles. The van der Waals surface area contributed by atoms with Gasteiger partial charge < -0.3 is 11.1 Å². The number of fused-ring (bicyclic) bond motifs is 1. The van der Waals surface area contributed by atoms with Crippen molar-refractivity contribution in [3.63, 3.8) is 0 Å². The molecule has 0 aliphatic rings. The van der Waals surface area contributed by atoms with Crippen LogP contribution in [0.15, 0.2) is 30.3 Å². The van der Waals surface area contributed by atoms with E-state index < -0.39 is 10.8 Å². The molecule has 2 heterocycles. The highest BCUT2D eigenvalue weighted by Crippen LogP contribution is 2.34. The smallest absolute Gasteiger partial charge is 0.271 e. The van der Waals surface area contributed by atoms with Gasteiger partial charge in [0.15, 0.2) is 0 Å². The quantitative estimate of drug-likeness (QED) is 0.486. The Bertz CT molecular complexity index is 1020. The van der Waals surface area contributed by atoms with Crippen LogP contribution in [0.4, 0.5) is 17.1 Å². The lowest BCUT2D eigenvalue weighted by Gasteiger charge is -2.06. The zero-order chi connectivity index (χ0) is 18.8. The first-order valence-corrected chi connectivity index (χ1v) is 9.03. The van der Waals surface area contributed by atoms with Crippen LogP contribution in [-0.4, -0.2) is 15.8 Å². The van der Waals surface area contributed by atoms with E-state index in [4.69, 9.17) is 17.3 Å². The number of carbonyl (C=O) groups is 1. The summed E-state index contributed by atoms with van der Waals surface area (Å²) >= 11 is 7.21. The molecule has 1 amide bonds. The van der Waals surface area contributed by atoms with E-state index in [-0.39, 0.29) is 16.4 Å². The number of aromatic nitrogens is 1. The molecule has 1 aromatic carbocycles. The number of hydrogen-bond acceptors (Lipinski definition) is 6. The summed E-state index contributed by atoms with van der Waals surface area (Å²) in [6, 6.07) is 7.60. The van der Waals surface area contributed by atoms with Gasteiger partial charge in [-0.05, 0) is 24.6 Å². The number of nitro benzene ring substituents is 1. The molecule has 0 aliphatic carbocycles. The van der Waals surface area contributed by atoms with E-state index in [0.29, 0.717) is 20.8 Å². The summed E-state index contributed by atoms with van der Waals surface area (Å²) in [5.74, 6) is -0.482. The van der Waals surface area contributed by atoms with Crippen LogP contribution in [0.5, 0.6) is 0 Å². The van der Waals surface area contributed by atoms with Gasteiger partial charge in [0.25, 0.3) is 11.6 Å². The average Bonchev–Trinajstić information content (AvgIpc) is 2.93. The van der Waals surface area contributed by atoms with E-state index in [1.54, 1.807) is 0 Å². The van der Waals surface area contributed by atoms with Gasteiger partial charge in [0.2, 0.25) is 0 Å². The van der Waals surface area contributed by atoms with Crippen molar-refractivity contribution in [3.05, 3.63) is 56.0 Å². The van der Waals surface area contributed by atoms with Gasteiger partial charge in [-0.15, -0.1) is 11.3 Å². The molecule has 0 radical (unpaired) electrons. The van der Waals surface area contributed by atoms with Crippen molar-refractivity contribution in [2.24, 2.45) is 0 Å². The number of nitro groups is 1. The first-order chi connectivity index (χ1) is 12.4. The number of anilines is 2. The van der Waals surface area contributed by atoms with Gasteiger partial charge >= 0.3 is 0 Å². The number of hydrogen-bond donors (Lipinski definition) is 2. The predicted molar refractivity (Wildman–Crippen MR) is 104 cm³/mol. The van der Waals surface area contributed by atoms with Crippen LogP contribution in [0, 0.1) is 10.1 Å². The summed E-state index contributed by atoms with van der Waals surface area (Å²) in [4.78, 5) is 28.5. The van der Waals surface area contributed by atoms with Gasteiger partial charge in [-0.1, -0.05) is 24.9 Å². The highest BCUT2D eigenvalue weighted by atomic mass is 35.5. The number of amides is 1. The molecule has 0 saturated heterocycles. The third kappa shape index (κ3) is 3.47. The van der Waals surface area contributed by atoms with E-state index in [1.807, 2.05) is 12.1 Å². The van der Waals surface area contributed by atoms with E-state index in [0.717, 1.165) is 18.5 Å². The Hall–Kier alpha value is -2.71. The molecule has 0 spiro atoms. The van der Waals surface area contributed by atoms with Crippen molar-refractivity contribution < 1.29 is 9.72 Å². The number of aryl methyl sites for hydroxylation is 1. The van der Waals surface area contributed by atoms with Crippen LogP contribution in [0.1, 0.15) is 28.7 Å². The summed E-state index contributed by atoms with van der Waals surface area (Å²) in [5.41, 5.74) is 7.36. The molecule has 3 aromatic rings. The van der Waals surface area contributed by atoms with E-state index in [2.05, 4.69) is 17.2 Å². The highest BCUT2D eigenvalue weighted by Gasteiger charge is 2.19. The molecule has 0 saturated carbocycles. The van der Waals surface area contributed by atoms with Gasteiger partial charge in [0, 0.05) is 23.2 Å². The molecule has 0 atom stereocenters. The van der Waals surface area contributed by atoms with Crippen molar-refractivity contribution in [2.75, 3.05) is 11.1 Å². The largest absolute Gasteiger partial charge is 0.397 e.